The van der Waals surface area contributed by atoms with Crippen LogP contribution in [0.3, 0.4) is 0 Å². The molecule has 0 aliphatic heterocycles. The molecule has 0 bridgehead atoms. The van der Waals surface area contributed by atoms with Gasteiger partial charge in [0.25, 0.3) is 0 Å². The Labute approximate surface area is 101 Å². The molecule has 17 heavy (non-hydrogen) atoms. The Morgan fingerprint density at radius 2 is 2.12 bits per heavy atom. The first-order valence-corrected chi connectivity index (χ1v) is 5.56. The van der Waals surface area contributed by atoms with Crippen LogP contribution in [0.1, 0.15) is 26.0 Å². The van der Waals surface area contributed by atoms with Gasteiger partial charge in [0, 0.05) is 26.0 Å². The van der Waals surface area contributed by atoms with Gasteiger partial charge in [0.1, 0.15) is 0 Å². The minimum atomic E-state index is -0.0236. The fourth-order valence-corrected chi connectivity index (χ4v) is 1.40. The maximum Gasteiger partial charge on any atom is 0.192 e. The lowest BCUT2D eigenvalue weighted by Gasteiger charge is -2.20. The van der Waals surface area contributed by atoms with Gasteiger partial charge in [-0.3, -0.25) is 0 Å². The van der Waals surface area contributed by atoms with Gasteiger partial charge in [-0.1, -0.05) is 19.0 Å². The third-order valence-electron chi connectivity index (χ3n) is 2.43. The van der Waals surface area contributed by atoms with Crippen molar-refractivity contribution >= 4 is 11.7 Å². The number of amidine groups is 1. The molecule has 94 valence electrons. The van der Waals surface area contributed by atoms with E-state index < -0.39 is 0 Å². The molecule has 0 amide bonds. The second kappa shape index (κ2) is 6.03. The van der Waals surface area contributed by atoms with Crippen molar-refractivity contribution in [3.8, 4) is 0 Å². The molecule has 0 radical (unpaired) electrons. The zero-order valence-electron chi connectivity index (χ0n) is 10.5. The van der Waals surface area contributed by atoms with Gasteiger partial charge in [-0.05, 0) is 12.3 Å². The molecule has 1 rings (SSSR count). The van der Waals surface area contributed by atoms with Crippen molar-refractivity contribution in [1.29, 1.82) is 0 Å². The van der Waals surface area contributed by atoms with Gasteiger partial charge in [0.05, 0.1) is 0 Å². The van der Waals surface area contributed by atoms with E-state index in [-0.39, 0.29) is 5.84 Å². The largest absolute Gasteiger partial charge is 0.409 e. The Hall–Kier alpha value is -1.85. The molecule has 0 aromatic carbocycles. The molecule has 0 aliphatic rings. The summed E-state index contributed by atoms with van der Waals surface area (Å²) < 4.78 is 0. The summed E-state index contributed by atoms with van der Waals surface area (Å²) in [5.74, 6) is 1.22. The minimum absolute atomic E-state index is 0.0236. The van der Waals surface area contributed by atoms with Gasteiger partial charge in [0.15, 0.2) is 17.3 Å². The highest BCUT2D eigenvalue weighted by Gasteiger charge is 2.13. The van der Waals surface area contributed by atoms with E-state index in [1.807, 2.05) is 11.9 Å². The Morgan fingerprint density at radius 1 is 1.47 bits per heavy atom. The zero-order valence-corrected chi connectivity index (χ0v) is 10.5. The highest BCUT2D eigenvalue weighted by atomic mass is 16.4. The molecule has 0 spiro atoms. The maximum atomic E-state index is 8.69. The second-order valence-corrected chi connectivity index (χ2v) is 4.32. The molecule has 0 saturated heterocycles. The molecule has 0 aliphatic carbocycles. The molecule has 3 N–H and O–H groups in total. The Balaban J connectivity index is 2.89. The van der Waals surface area contributed by atoms with Crippen LogP contribution in [0.2, 0.25) is 0 Å². The van der Waals surface area contributed by atoms with Crippen molar-refractivity contribution in [2.45, 2.75) is 20.3 Å². The molecule has 1 heterocycles. The van der Waals surface area contributed by atoms with E-state index in [9.17, 15) is 0 Å². The average Bonchev–Trinajstić information content (AvgIpc) is 2.34. The summed E-state index contributed by atoms with van der Waals surface area (Å²) in [5, 5.41) is 11.7. The van der Waals surface area contributed by atoms with E-state index in [2.05, 4.69) is 29.0 Å². The van der Waals surface area contributed by atoms with Crippen LogP contribution in [-0.2, 0) is 0 Å². The first kappa shape index (κ1) is 13.2. The van der Waals surface area contributed by atoms with Crippen LogP contribution in [-0.4, -0.2) is 34.6 Å². The van der Waals surface area contributed by atoms with Crippen LogP contribution >= 0.6 is 0 Å². The van der Waals surface area contributed by atoms with Crippen molar-refractivity contribution in [3.63, 3.8) is 0 Å². The number of nitrogens with two attached hydrogens (primary N) is 1. The third kappa shape index (κ3) is 3.58. The summed E-state index contributed by atoms with van der Waals surface area (Å²) in [6.45, 7) is 5.17. The number of hydrogen-bond donors (Lipinski definition) is 2. The van der Waals surface area contributed by atoms with Crippen LogP contribution in [0.25, 0.3) is 0 Å². The van der Waals surface area contributed by atoms with Gasteiger partial charge in [-0.25, -0.2) is 9.97 Å². The van der Waals surface area contributed by atoms with Gasteiger partial charge < -0.3 is 15.8 Å². The number of nitrogens with zero attached hydrogens (tertiary/aromatic N) is 4. The summed E-state index contributed by atoms with van der Waals surface area (Å²) in [5.41, 5.74) is 5.96. The molecule has 6 nitrogen and oxygen atoms in total. The molecule has 0 atom stereocenters. The molecular weight excluding hydrogens is 218 g/mol. The molecular formula is C11H19N5O. The van der Waals surface area contributed by atoms with Crippen LogP contribution in [0, 0.1) is 5.92 Å². The van der Waals surface area contributed by atoms with Crippen LogP contribution in [0.4, 0.5) is 5.82 Å². The molecule has 0 unspecified atom stereocenters. The minimum Gasteiger partial charge on any atom is -0.409 e. The van der Waals surface area contributed by atoms with Crippen LogP contribution < -0.4 is 10.6 Å². The number of hydrogen-bond acceptors (Lipinski definition) is 5. The van der Waals surface area contributed by atoms with Crippen LogP contribution in [0.15, 0.2) is 17.5 Å². The van der Waals surface area contributed by atoms with Gasteiger partial charge in [0.2, 0.25) is 0 Å². The normalized spacial score (nSPS) is 11.9. The summed E-state index contributed by atoms with van der Waals surface area (Å²) in [6, 6.07) is 0. The highest BCUT2D eigenvalue weighted by molar-refractivity contribution is 5.99. The van der Waals surface area contributed by atoms with E-state index in [1.165, 1.54) is 6.20 Å². The van der Waals surface area contributed by atoms with E-state index in [1.54, 1.807) is 6.20 Å². The SMILES string of the molecule is CC(C)CCN(C)c1nccnc1C(N)=NO. The molecule has 6 heteroatoms. The van der Waals surface area contributed by atoms with Crippen molar-refractivity contribution in [3.05, 3.63) is 18.1 Å². The second-order valence-electron chi connectivity index (χ2n) is 4.32. The zero-order chi connectivity index (χ0) is 12.8. The number of rotatable bonds is 5. The monoisotopic (exact) mass is 237 g/mol. The smallest absolute Gasteiger partial charge is 0.192 e. The lowest BCUT2D eigenvalue weighted by Crippen LogP contribution is -2.26. The summed E-state index contributed by atoms with van der Waals surface area (Å²) in [4.78, 5) is 10.3. The van der Waals surface area contributed by atoms with E-state index in [0.29, 0.717) is 17.4 Å². The predicted molar refractivity (Wildman–Crippen MR) is 67.3 cm³/mol. The lowest BCUT2D eigenvalue weighted by molar-refractivity contribution is 0.318. The van der Waals surface area contributed by atoms with Crippen LogP contribution in [0.5, 0.6) is 0 Å². The predicted octanol–water partition coefficient (Wildman–Crippen LogP) is 1.05. The Bertz CT molecular complexity index is 391. The molecule has 0 fully saturated rings. The first-order valence-electron chi connectivity index (χ1n) is 5.56. The fraction of sp³-hybridized carbons (Fsp3) is 0.545. The lowest BCUT2D eigenvalue weighted by atomic mass is 10.1. The first-order chi connectivity index (χ1) is 8.06. The van der Waals surface area contributed by atoms with Crippen molar-refractivity contribution in [2.75, 3.05) is 18.5 Å². The number of anilines is 1. The number of aromatic nitrogens is 2. The summed E-state index contributed by atoms with van der Waals surface area (Å²) in [6.07, 6.45) is 4.16. The average molecular weight is 237 g/mol. The Morgan fingerprint density at radius 3 is 2.71 bits per heavy atom. The highest BCUT2D eigenvalue weighted by Crippen LogP contribution is 2.14. The van der Waals surface area contributed by atoms with Gasteiger partial charge >= 0.3 is 0 Å². The van der Waals surface area contributed by atoms with E-state index in [4.69, 9.17) is 10.9 Å². The quantitative estimate of drug-likeness (QED) is 0.346. The standard InChI is InChI=1S/C11H19N5O/c1-8(2)4-7-16(3)11-9(10(12)15-17)13-5-6-14-11/h5-6,8,17H,4,7H2,1-3H3,(H2,12,15). The van der Waals surface area contributed by atoms with Crippen molar-refractivity contribution in [1.82, 2.24) is 9.97 Å². The Kier molecular flexibility index (Phi) is 4.68. The van der Waals surface area contributed by atoms with E-state index >= 15 is 0 Å². The van der Waals surface area contributed by atoms with Crippen molar-refractivity contribution in [2.24, 2.45) is 16.8 Å². The maximum absolute atomic E-state index is 8.69. The topological polar surface area (TPSA) is 87.6 Å². The fourth-order valence-electron chi connectivity index (χ4n) is 1.40. The summed E-state index contributed by atoms with van der Waals surface area (Å²) >= 11 is 0. The van der Waals surface area contributed by atoms with Gasteiger partial charge in [-0.2, -0.15) is 0 Å². The molecule has 1 aromatic heterocycles. The summed E-state index contributed by atoms with van der Waals surface area (Å²) in [7, 11) is 1.92. The third-order valence-corrected chi connectivity index (χ3v) is 2.43. The number of oxime groups is 1. The molecule has 0 saturated carbocycles. The van der Waals surface area contributed by atoms with Crippen molar-refractivity contribution < 1.29 is 5.21 Å². The van der Waals surface area contributed by atoms with Gasteiger partial charge in [-0.15, -0.1) is 0 Å². The molecule has 1 aromatic rings. The van der Waals surface area contributed by atoms with E-state index in [0.717, 1.165) is 13.0 Å².